The number of phenolic OH excluding ortho intramolecular Hbond substituents is 1. The van der Waals surface area contributed by atoms with Gasteiger partial charge in [0.05, 0.1) is 12.2 Å². The van der Waals surface area contributed by atoms with Gasteiger partial charge < -0.3 is 9.84 Å². The van der Waals surface area contributed by atoms with E-state index in [-0.39, 0.29) is 11.3 Å². The molecule has 0 radical (unpaired) electrons. The molecule has 1 aromatic heterocycles. The number of nitrogens with zero attached hydrogens (tertiary/aromatic N) is 2. The number of hydrogen-bond donors (Lipinski definition) is 1. The van der Waals surface area contributed by atoms with Crippen LogP contribution in [0.4, 0.5) is 0 Å². The van der Waals surface area contributed by atoms with Crippen LogP contribution in [0.5, 0.6) is 11.5 Å². The highest BCUT2D eigenvalue weighted by Crippen LogP contribution is 2.40. The Morgan fingerprint density at radius 1 is 1.38 bits per heavy atom. The van der Waals surface area contributed by atoms with Gasteiger partial charge in [-0.15, -0.1) is 0 Å². The summed E-state index contributed by atoms with van der Waals surface area (Å²) in [5.74, 6) is 1.23. The lowest BCUT2D eigenvalue weighted by atomic mass is 9.93. The Balaban J connectivity index is 1.74. The summed E-state index contributed by atoms with van der Waals surface area (Å²) in [6.45, 7) is 4.82. The molecule has 2 aromatic rings. The van der Waals surface area contributed by atoms with E-state index in [0.29, 0.717) is 36.5 Å². The van der Waals surface area contributed by atoms with Crippen LogP contribution >= 0.6 is 0 Å². The van der Waals surface area contributed by atoms with Gasteiger partial charge in [-0.2, -0.15) is 5.10 Å². The van der Waals surface area contributed by atoms with Crippen molar-refractivity contribution in [3.8, 4) is 11.5 Å². The van der Waals surface area contributed by atoms with Crippen molar-refractivity contribution >= 4 is 6.29 Å². The van der Waals surface area contributed by atoms with Gasteiger partial charge in [0.15, 0.2) is 6.29 Å². The minimum Gasteiger partial charge on any atom is -0.507 e. The smallest absolute Gasteiger partial charge is 0.157 e. The fraction of sp³-hybridized carbons (Fsp3) is 0.474. The summed E-state index contributed by atoms with van der Waals surface area (Å²) in [6, 6.07) is 7.36. The third-order valence-corrected chi connectivity index (χ3v) is 4.84. The molecule has 1 saturated carbocycles. The standard InChI is InChI=1S/C19H24N2O3/c1-13(2)21-17(9-10-20-21)15-6-3-5-14(15)12-24-19-8-4-7-18(23)16(19)11-22/h4,7-11,13-15,23H,3,5-6,12H2,1-2H3. The molecule has 0 spiro atoms. The molecule has 1 heterocycles. The van der Waals surface area contributed by atoms with Gasteiger partial charge in [-0.05, 0) is 44.9 Å². The molecule has 0 aliphatic heterocycles. The van der Waals surface area contributed by atoms with Crippen LogP contribution in [0.1, 0.15) is 61.1 Å². The molecule has 0 saturated heterocycles. The third kappa shape index (κ3) is 3.16. The van der Waals surface area contributed by atoms with Crippen molar-refractivity contribution in [1.29, 1.82) is 0 Å². The number of ether oxygens (including phenoxy) is 1. The molecule has 2 unspecified atom stereocenters. The lowest BCUT2D eigenvalue weighted by molar-refractivity contribution is 0.111. The monoisotopic (exact) mass is 328 g/mol. The second-order valence-corrected chi connectivity index (χ2v) is 6.71. The second kappa shape index (κ2) is 7.07. The zero-order valence-corrected chi connectivity index (χ0v) is 14.2. The van der Waals surface area contributed by atoms with Crippen molar-refractivity contribution in [2.75, 3.05) is 6.61 Å². The summed E-state index contributed by atoms with van der Waals surface area (Å²) in [4.78, 5) is 11.2. The molecule has 24 heavy (non-hydrogen) atoms. The molecular formula is C19H24N2O3. The topological polar surface area (TPSA) is 64.3 Å². The summed E-state index contributed by atoms with van der Waals surface area (Å²) >= 11 is 0. The fourth-order valence-electron chi connectivity index (χ4n) is 3.65. The number of benzene rings is 1. The Bertz CT molecular complexity index is 708. The molecule has 5 heteroatoms. The number of aromatic nitrogens is 2. The highest BCUT2D eigenvalue weighted by molar-refractivity contribution is 5.83. The van der Waals surface area contributed by atoms with Crippen LogP contribution in [0.3, 0.4) is 0 Å². The minimum absolute atomic E-state index is 0.0386. The zero-order valence-electron chi connectivity index (χ0n) is 14.2. The van der Waals surface area contributed by atoms with Crippen LogP contribution in [0.25, 0.3) is 0 Å². The zero-order chi connectivity index (χ0) is 17.1. The number of aromatic hydroxyl groups is 1. The predicted octanol–water partition coefficient (Wildman–Crippen LogP) is 3.94. The number of carbonyl (C=O) groups excluding carboxylic acids is 1. The third-order valence-electron chi connectivity index (χ3n) is 4.84. The molecule has 3 rings (SSSR count). The van der Waals surface area contributed by atoms with Gasteiger partial charge in [0, 0.05) is 29.8 Å². The van der Waals surface area contributed by atoms with Crippen molar-refractivity contribution in [2.45, 2.75) is 45.1 Å². The average molecular weight is 328 g/mol. The molecule has 1 aromatic carbocycles. The lowest BCUT2D eigenvalue weighted by Crippen LogP contribution is -2.19. The van der Waals surface area contributed by atoms with Gasteiger partial charge in [-0.3, -0.25) is 9.48 Å². The van der Waals surface area contributed by atoms with Gasteiger partial charge in [0.2, 0.25) is 0 Å². The first-order valence-corrected chi connectivity index (χ1v) is 8.55. The van der Waals surface area contributed by atoms with Crippen LogP contribution in [0.2, 0.25) is 0 Å². The summed E-state index contributed by atoms with van der Waals surface area (Å²) in [6.07, 6.45) is 5.91. The largest absolute Gasteiger partial charge is 0.507 e. The maximum Gasteiger partial charge on any atom is 0.157 e. The minimum atomic E-state index is -0.0386. The highest BCUT2D eigenvalue weighted by atomic mass is 16.5. The molecule has 0 bridgehead atoms. The van der Waals surface area contributed by atoms with E-state index in [1.165, 1.54) is 18.2 Å². The second-order valence-electron chi connectivity index (χ2n) is 6.71. The Kier molecular flexibility index (Phi) is 4.88. The first kappa shape index (κ1) is 16.6. The molecule has 1 aliphatic carbocycles. The van der Waals surface area contributed by atoms with Gasteiger partial charge >= 0.3 is 0 Å². The summed E-state index contributed by atoms with van der Waals surface area (Å²) in [7, 11) is 0. The van der Waals surface area contributed by atoms with E-state index in [1.807, 2.05) is 6.20 Å². The SMILES string of the molecule is CC(C)n1nccc1C1CCCC1COc1cccc(O)c1C=O. The van der Waals surface area contributed by atoms with Gasteiger partial charge in [0.25, 0.3) is 0 Å². The molecule has 128 valence electrons. The Morgan fingerprint density at radius 3 is 2.96 bits per heavy atom. The van der Waals surface area contributed by atoms with Crippen LogP contribution in [0.15, 0.2) is 30.5 Å². The van der Waals surface area contributed by atoms with E-state index < -0.39 is 0 Å². The van der Waals surface area contributed by atoms with Gasteiger partial charge in [0.1, 0.15) is 11.5 Å². The van der Waals surface area contributed by atoms with E-state index in [0.717, 1.165) is 12.8 Å². The summed E-state index contributed by atoms with van der Waals surface area (Å²) in [5, 5.41) is 14.2. The van der Waals surface area contributed by atoms with Gasteiger partial charge in [-0.25, -0.2) is 0 Å². The molecule has 5 nitrogen and oxygen atoms in total. The van der Waals surface area contributed by atoms with Crippen molar-refractivity contribution in [3.63, 3.8) is 0 Å². The Morgan fingerprint density at radius 2 is 2.21 bits per heavy atom. The molecular weight excluding hydrogens is 304 g/mol. The maximum absolute atomic E-state index is 11.2. The number of phenols is 1. The molecule has 2 atom stereocenters. The summed E-state index contributed by atoms with van der Waals surface area (Å²) in [5.41, 5.74) is 1.49. The van der Waals surface area contributed by atoms with E-state index in [9.17, 15) is 9.90 Å². The number of hydrogen-bond acceptors (Lipinski definition) is 4. The van der Waals surface area contributed by atoms with Crippen molar-refractivity contribution in [2.24, 2.45) is 5.92 Å². The average Bonchev–Trinajstić information content (AvgIpc) is 3.21. The van der Waals surface area contributed by atoms with Crippen LogP contribution in [-0.4, -0.2) is 27.8 Å². The van der Waals surface area contributed by atoms with Crippen molar-refractivity contribution < 1.29 is 14.6 Å². The number of aldehydes is 1. The van der Waals surface area contributed by atoms with E-state index >= 15 is 0 Å². The fourth-order valence-corrected chi connectivity index (χ4v) is 3.65. The molecule has 1 N–H and O–H groups in total. The predicted molar refractivity (Wildman–Crippen MR) is 91.7 cm³/mol. The molecule has 1 aliphatic rings. The first-order valence-electron chi connectivity index (χ1n) is 8.55. The highest BCUT2D eigenvalue weighted by Gasteiger charge is 2.32. The molecule has 1 fully saturated rings. The Labute approximate surface area is 142 Å². The van der Waals surface area contributed by atoms with E-state index in [4.69, 9.17) is 4.74 Å². The van der Waals surface area contributed by atoms with E-state index in [1.54, 1.807) is 12.1 Å². The van der Waals surface area contributed by atoms with Crippen LogP contribution < -0.4 is 4.74 Å². The first-order chi connectivity index (χ1) is 11.6. The van der Waals surface area contributed by atoms with Crippen LogP contribution in [0, 0.1) is 5.92 Å². The summed E-state index contributed by atoms with van der Waals surface area (Å²) < 4.78 is 7.99. The number of rotatable bonds is 6. The Hall–Kier alpha value is -2.30. The van der Waals surface area contributed by atoms with Crippen LogP contribution in [-0.2, 0) is 0 Å². The van der Waals surface area contributed by atoms with Crippen molar-refractivity contribution in [3.05, 3.63) is 41.7 Å². The maximum atomic E-state index is 11.2. The van der Waals surface area contributed by atoms with Crippen molar-refractivity contribution in [1.82, 2.24) is 9.78 Å². The lowest BCUT2D eigenvalue weighted by Gasteiger charge is -2.23. The normalized spacial score (nSPS) is 20.5. The van der Waals surface area contributed by atoms with E-state index in [2.05, 4.69) is 29.7 Å². The quantitative estimate of drug-likeness (QED) is 0.816. The van der Waals surface area contributed by atoms with Gasteiger partial charge in [-0.1, -0.05) is 12.5 Å². The molecule has 0 amide bonds. The number of carbonyl (C=O) groups is 1.